The molecule has 0 spiro atoms. The fourth-order valence-corrected chi connectivity index (χ4v) is 6.45. The minimum absolute atomic E-state index is 0.179. The van der Waals surface area contributed by atoms with Gasteiger partial charge in [-0.2, -0.15) is 0 Å². The van der Waals surface area contributed by atoms with E-state index < -0.39 is 0 Å². The number of aromatic nitrogens is 5. The van der Waals surface area contributed by atoms with Crippen molar-refractivity contribution in [3.63, 3.8) is 0 Å². The number of oxazole rings is 1. The number of rotatable bonds is 14. The number of pyridine rings is 1. The van der Waals surface area contributed by atoms with Crippen LogP contribution in [0.4, 0.5) is 11.6 Å². The lowest BCUT2D eigenvalue weighted by Gasteiger charge is -2.25. The Labute approximate surface area is 300 Å². The molecular formula is C38H39N9O3S. The number of carbonyl (C=O) groups excluding carboxylic acids is 2. The van der Waals surface area contributed by atoms with Gasteiger partial charge in [0.15, 0.2) is 0 Å². The Morgan fingerprint density at radius 1 is 0.765 bits per heavy atom. The molecule has 0 fully saturated rings. The van der Waals surface area contributed by atoms with Gasteiger partial charge in [0, 0.05) is 61.9 Å². The number of nitrogens with zero attached hydrogens (tertiary/aromatic N) is 6. The van der Waals surface area contributed by atoms with Crippen LogP contribution in [0.15, 0.2) is 89.6 Å². The summed E-state index contributed by atoms with van der Waals surface area (Å²) in [5, 5.41) is 9.86. The monoisotopic (exact) mass is 701 g/mol. The van der Waals surface area contributed by atoms with E-state index in [0.717, 1.165) is 40.3 Å². The van der Waals surface area contributed by atoms with E-state index in [2.05, 4.69) is 66.8 Å². The smallest absolute Gasteiger partial charge is 0.289 e. The first kappa shape index (κ1) is 34.9. The summed E-state index contributed by atoms with van der Waals surface area (Å²) in [4.78, 5) is 51.1. The molecule has 51 heavy (non-hydrogen) atoms. The third-order valence-corrected chi connectivity index (χ3v) is 9.33. The lowest BCUT2D eigenvalue weighted by atomic mass is 10.1. The number of anilines is 2. The van der Waals surface area contributed by atoms with Gasteiger partial charge in [0.05, 0.1) is 22.8 Å². The molecule has 12 nitrogen and oxygen atoms in total. The molecule has 6 aromatic rings. The van der Waals surface area contributed by atoms with Gasteiger partial charge in [-0.3, -0.25) is 14.6 Å². The van der Waals surface area contributed by atoms with E-state index in [4.69, 9.17) is 9.40 Å². The van der Waals surface area contributed by atoms with Gasteiger partial charge in [-0.25, -0.2) is 19.9 Å². The Morgan fingerprint density at radius 3 is 2.35 bits per heavy atom. The van der Waals surface area contributed by atoms with E-state index in [1.165, 1.54) is 11.3 Å². The quantitative estimate of drug-likeness (QED) is 0.110. The molecule has 0 aliphatic rings. The summed E-state index contributed by atoms with van der Waals surface area (Å²) in [5.74, 6) is 0.631. The van der Waals surface area contributed by atoms with Crippen molar-refractivity contribution < 1.29 is 14.0 Å². The Kier molecular flexibility index (Phi) is 11.1. The summed E-state index contributed by atoms with van der Waals surface area (Å²) >= 11 is 1.33. The van der Waals surface area contributed by atoms with Crippen molar-refractivity contribution in [1.29, 1.82) is 0 Å². The molecule has 0 aliphatic heterocycles. The number of likely N-dealkylation sites (N-methyl/N-ethyl adjacent to an activating group) is 1. The number of hydrogen-bond acceptors (Lipinski definition) is 11. The second-order valence-electron chi connectivity index (χ2n) is 11.7. The summed E-state index contributed by atoms with van der Waals surface area (Å²) in [6, 6.07) is 23.2. The molecule has 13 heteroatoms. The van der Waals surface area contributed by atoms with Crippen LogP contribution in [0, 0.1) is 20.8 Å². The van der Waals surface area contributed by atoms with Crippen molar-refractivity contribution in [2.75, 3.05) is 42.9 Å². The SMILES string of the molecule is CCN(CCNC(=O)c1oc(-c2ccccc2)nc1C)c1cc(-c2ccnc(NCCNC(=O)c3sc(-c4ccccn4)nc3C)n2)ccc1C. The number of thiazole rings is 1. The highest BCUT2D eigenvalue weighted by atomic mass is 32.1. The van der Waals surface area contributed by atoms with Crippen LogP contribution in [-0.2, 0) is 0 Å². The van der Waals surface area contributed by atoms with Crippen molar-refractivity contribution in [2.45, 2.75) is 27.7 Å². The van der Waals surface area contributed by atoms with Crippen LogP contribution < -0.4 is 20.9 Å². The molecule has 6 rings (SSSR count). The normalized spacial score (nSPS) is 10.9. The minimum Gasteiger partial charge on any atom is -0.431 e. The number of hydrogen-bond donors (Lipinski definition) is 3. The molecule has 0 unspecified atom stereocenters. The molecule has 2 aromatic carbocycles. The highest BCUT2D eigenvalue weighted by molar-refractivity contribution is 7.17. The third-order valence-electron chi connectivity index (χ3n) is 8.15. The molecule has 0 atom stereocenters. The average Bonchev–Trinajstić information content (AvgIpc) is 3.75. The van der Waals surface area contributed by atoms with Gasteiger partial charge in [-0.15, -0.1) is 11.3 Å². The Morgan fingerprint density at radius 2 is 1.57 bits per heavy atom. The van der Waals surface area contributed by atoms with Crippen LogP contribution in [0.3, 0.4) is 0 Å². The van der Waals surface area contributed by atoms with E-state index in [1.54, 1.807) is 19.3 Å². The van der Waals surface area contributed by atoms with Crippen molar-refractivity contribution in [2.24, 2.45) is 0 Å². The molecule has 4 aromatic heterocycles. The molecule has 0 radical (unpaired) electrons. The molecule has 0 aliphatic carbocycles. The largest absolute Gasteiger partial charge is 0.431 e. The average molecular weight is 702 g/mol. The molecule has 260 valence electrons. The van der Waals surface area contributed by atoms with Crippen molar-refractivity contribution in [3.05, 3.63) is 113 Å². The zero-order valence-corrected chi connectivity index (χ0v) is 29.8. The van der Waals surface area contributed by atoms with Gasteiger partial charge in [0.1, 0.15) is 9.88 Å². The zero-order valence-electron chi connectivity index (χ0n) is 28.9. The van der Waals surface area contributed by atoms with Crippen LogP contribution in [0.1, 0.15) is 44.1 Å². The van der Waals surface area contributed by atoms with E-state index >= 15 is 0 Å². The van der Waals surface area contributed by atoms with Gasteiger partial charge >= 0.3 is 0 Å². The van der Waals surface area contributed by atoms with Crippen molar-refractivity contribution in [1.82, 2.24) is 35.6 Å². The first-order chi connectivity index (χ1) is 24.8. The van der Waals surface area contributed by atoms with Crippen LogP contribution in [0.5, 0.6) is 0 Å². The number of benzene rings is 2. The zero-order chi connectivity index (χ0) is 35.7. The Bertz CT molecular complexity index is 2120. The highest BCUT2D eigenvalue weighted by Crippen LogP contribution is 2.28. The fourth-order valence-electron chi connectivity index (χ4n) is 5.50. The highest BCUT2D eigenvalue weighted by Gasteiger charge is 2.19. The van der Waals surface area contributed by atoms with Gasteiger partial charge in [-0.05, 0) is 69.7 Å². The van der Waals surface area contributed by atoms with Crippen molar-refractivity contribution >= 4 is 34.8 Å². The third kappa shape index (κ3) is 8.44. The van der Waals surface area contributed by atoms with Crippen LogP contribution in [0.2, 0.25) is 0 Å². The second kappa shape index (κ2) is 16.2. The number of aryl methyl sites for hydroxylation is 3. The van der Waals surface area contributed by atoms with Gasteiger partial charge < -0.3 is 25.3 Å². The maximum Gasteiger partial charge on any atom is 0.289 e. The van der Waals surface area contributed by atoms with E-state index in [9.17, 15) is 9.59 Å². The Balaban J connectivity index is 1.03. The van der Waals surface area contributed by atoms with Crippen LogP contribution in [0.25, 0.3) is 33.4 Å². The lowest BCUT2D eigenvalue weighted by Crippen LogP contribution is -2.35. The van der Waals surface area contributed by atoms with Crippen LogP contribution in [-0.4, -0.2) is 69.5 Å². The topological polar surface area (TPSA) is 151 Å². The molecule has 4 heterocycles. The summed E-state index contributed by atoms with van der Waals surface area (Å²) in [5.41, 5.74) is 6.64. The summed E-state index contributed by atoms with van der Waals surface area (Å²) in [6.45, 7) is 10.3. The maximum absolute atomic E-state index is 13.0. The number of amides is 2. The summed E-state index contributed by atoms with van der Waals surface area (Å²) < 4.78 is 5.83. The fraction of sp³-hybridized carbons (Fsp3) is 0.237. The number of carbonyl (C=O) groups is 2. The first-order valence-electron chi connectivity index (χ1n) is 16.7. The van der Waals surface area contributed by atoms with Crippen LogP contribution >= 0.6 is 11.3 Å². The van der Waals surface area contributed by atoms with Gasteiger partial charge in [0.25, 0.3) is 11.8 Å². The standard InChI is InChI=1S/C38H39N9O3S/c1-5-47(22-21-41-34(48)32-25(3)44-36(50-32)27-11-7-6-8-12-27)31-23-28(15-14-24(31)2)29-16-18-42-38(46-29)43-20-19-40-35(49)33-26(4)45-37(51-33)30-13-9-10-17-39-30/h6-18,23H,5,19-22H2,1-4H3,(H,40,49)(H,41,48)(H,42,43,46). The molecule has 0 saturated heterocycles. The minimum atomic E-state index is -0.294. The lowest BCUT2D eigenvalue weighted by molar-refractivity contribution is 0.0925. The predicted molar refractivity (Wildman–Crippen MR) is 200 cm³/mol. The molecule has 3 N–H and O–H groups in total. The molecule has 2 amide bonds. The number of nitrogens with one attached hydrogen (secondary N) is 3. The summed E-state index contributed by atoms with van der Waals surface area (Å²) in [7, 11) is 0. The summed E-state index contributed by atoms with van der Waals surface area (Å²) in [6.07, 6.45) is 3.42. The van der Waals surface area contributed by atoms with Crippen molar-refractivity contribution in [3.8, 4) is 33.4 Å². The molecule has 0 saturated carbocycles. The Hall–Kier alpha value is -5.95. The van der Waals surface area contributed by atoms with Gasteiger partial charge in [0.2, 0.25) is 17.6 Å². The molecular weight excluding hydrogens is 663 g/mol. The second-order valence-corrected chi connectivity index (χ2v) is 12.7. The molecule has 0 bridgehead atoms. The predicted octanol–water partition coefficient (Wildman–Crippen LogP) is 6.34. The van der Waals surface area contributed by atoms with E-state index in [0.29, 0.717) is 59.3 Å². The van der Waals surface area contributed by atoms with E-state index in [-0.39, 0.29) is 17.6 Å². The first-order valence-corrected chi connectivity index (χ1v) is 17.5. The van der Waals surface area contributed by atoms with Gasteiger partial charge in [-0.1, -0.05) is 36.4 Å². The van der Waals surface area contributed by atoms with E-state index in [1.807, 2.05) is 67.6 Å². The maximum atomic E-state index is 13.0.